The summed E-state index contributed by atoms with van der Waals surface area (Å²) in [5.74, 6) is -0.502. The van der Waals surface area contributed by atoms with Gasteiger partial charge >= 0.3 is 0 Å². The molecule has 2 aromatic rings. The molecule has 0 saturated carbocycles. The summed E-state index contributed by atoms with van der Waals surface area (Å²) in [7, 11) is 0. The number of nitrogens with zero attached hydrogens (tertiary/aromatic N) is 5. The molecule has 0 N–H and O–H groups in total. The number of halogens is 2. The first-order chi connectivity index (χ1) is 12.0. The molecule has 1 aromatic carbocycles. The number of para-hydroxylation sites is 1. The summed E-state index contributed by atoms with van der Waals surface area (Å²) in [6.07, 6.45) is -0.130. The van der Waals surface area contributed by atoms with Gasteiger partial charge in [0.1, 0.15) is 0 Å². The largest absolute Gasteiger partial charge is 0.330 e. The number of hydrogen-bond acceptors (Lipinski definition) is 5. The number of carbonyl (C=O) groups is 1. The Hall–Kier alpha value is -3.17. The SMILES string of the molecule is O=C(/C=C/c1ccccc1[N+](=O)[O-])N1CCn2c(nnc2C(F)F)C1. The van der Waals surface area contributed by atoms with Gasteiger partial charge in [-0.25, -0.2) is 8.78 Å². The third-order valence-corrected chi connectivity index (χ3v) is 3.83. The molecule has 0 bridgehead atoms. The third kappa shape index (κ3) is 3.37. The maximum absolute atomic E-state index is 12.8. The van der Waals surface area contributed by atoms with Gasteiger partial charge in [0.05, 0.1) is 17.0 Å². The number of amides is 1. The fourth-order valence-electron chi connectivity index (χ4n) is 2.59. The molecular formula is C15H13F2N5O3. The second-order valence-corrected chi connectivity index (χ2v) is 5.34. The molecule has 0 radical (unpaired) electrons. The van der Waals surface area contributed by atoms with Crippen LogP contribution in [0.15, 0.2) is 30.3 Å². The van der Waals surface area contributed by atoms with Crippen LogP contribution in [0.3, 0.4) is 0 Å². The van der Waals surface area contributed by atoms with Crippen LogP contribution in [0.2, 0.25) is 0 Å². The lowest BCUT2D eigenvalue weighted by atomic mass is 10.1. The Morgan fingerprint density at radius 2 is 2.04 bits per heavy atom. The summed E-state index contributed by atoms with van der Waals surface area (Å²) in [5, 5.41) is 18.1. The number of carbonyl (C=O) groups excluding carboxylic acids is 1. The van der Waals surface area contributed by atoms with E-state index in [1.807, 2.05) is 0 Å². The average molecular weight is 349 g/mol. The van der Waals surface area contributed by atoms with Crippen molar-refractivity contribution in [2.75, 3.05) is 6.54 Å². The summed E-state index contributed by atoms with van der Waals surface area (Å²) in [5.41, 5.74) is 0.201. The lowest BCUT2D eigenvalue weighted by Gasteiger charge is -2.26. The molecule has 0 saturated heterocycles. The first-order valence-corrected chi connectivity index (χ1v) is 7.38. The van der Waals surface area contributed by atoms with Crippen molar-refractivity contribution in [1.82, 2.24) is 19.7 Å². The standard InChI is InChI=1S/C15H13F2N5O3/c16-14(17)15-19-18-12-9-20(7-8-21(12)15)13(23)6-5-10-3-1-2-4-11(10)22(24)25/h1-6,14H,7-9H2/b6-5+. The van der Waals surface area contributed by atoms with Gasteiger partial charge in [-0.05, 0) is 12.1 Å². The van der Waals surface area contributed by atoms with E-state index < -0.39 is 17.2 Å². The Labute approximate surface area is 140 Å². The van der Waals surface area contributed by atoms with Crippen molar-refractivity contribution < 1.29 is 18.5 Å². The van der Waals surface area contributed by atoms with Crippen molar-refractivity contribution in [3.63, 3.8) is 0 Å². The van der Waals surface area contributed by atoms with Crippen molar-refractivity contribution in [3.8, 4) is 0 Å². The first kappa shape index (κ1) is 16.7. The molecule has 0 atom stereocenters. The Morgan fingerprint density at radius 3 is 2.76 bits per heavy atom. The summed E-state index contributed by atoms with van der Waals surface area (Å²) in [6, 6.07) is 6.05. The monoisotopic (exact) mass is 349 g/mol. The highest BCUT2D eigenvalue weighted by Crippen LogP contribution is 2.22. The van der Waals surface area contributed by atoms with Gasteiger partial charge in [-0.2, -0.15) is 0 Å². The van der Waals surface area contributed by atoms with Gasteiger partial charge < -0.3 is 9.47 Å². The fraction of sp³-hybridized carbons (Fsp3) is 0.267. The van der Waals surface area contributed by atoms with Crippen molar-refractivity contribution in [3.05, 3.63) is 57.7 Å². The number of benzene rings is 1. The van der Waals surface area contributed by atoms with E-state index in [-0.39, 0.29) is 37.1 Å². The number of nitro benzene ring substituents is 1. The summed E-state index contributed by atoms with van der Waals surface area (Å²) >= 11 is 0. The normalized spacial score (nSPS) is 14.1. The number of alkyl halides is 2. The van der Waals surface area contributed by atoms with Crippen molar-refractivity contribution in [2.45, 2.75) is 19.5 Å². The molecule has 25 heavy (non-hydrogen) atoms. The van der Waals surface area contributed by atoms with Crippen LogP contribution >= 0.6 is 0 Å². The van der Waals surface area contributed by atoms with Crippen molar-refractivity contribution in [1.29, 1.82) is 0 Å². The lowest BCUT2D eigenvalue weighted by molar-refractivity contribution is -0.385. The number of fused-ring (bicyclic) bond motifs is 1. The van der Waals surface area contributed by atoms with E-state index in [9.17, 15) is 23.7 Å². The predicted octanol–water partition coefficient (Wildman–Crippen LogP) is 2.18. The highest BCUT2D eigenvalue weighted by Gasteiger charge is 2.26. The molecule has 1 amide bonds. The number of nitro groups is 1. The topological polar surface area (TPSA) is 94.2 Å². The summed E-state index contributed by atoms with van der Waals surface area (Å²) < 4.78 is 26.9. The lowest BCUT2D eigenvalue weighted by Crippen LogP contribution is -2.37. The van der Waals surface area contributed by atoms with E-state index in [1.165, 1.54) is 39.8 Å². The zero-order chi connectivity index (χ0) is 18.0. The smallest absolute Gasteiger partial charge is 0.297 e. The van der Waals surface area contributed by atoms with Crippen LogP contribution in [0.1, 0.15) is 23.6 Å². The fourth-order valence-corrected chi connectivity index (χ4v) is 2.59. The van der Waals surface area contributed by atoms with Gasteiger partial charge in [0.25, 0.3) is 12.1 Å². The first-order valence-electron chi connectivity index (χ1n) is 7.38. The quantitative estimate of drug-likeness (QED) is 0.479. The van der Waals surface area contributed by atoms with Gasteiger partial charge in [0.2, 0.25) is 5.91 Å². The molecule has 1 aliphatic heterocycles. The van der Waals surface area contributed by atoms with Crippen LogP contribution < -0.4 is 0 Å². The van der Waals surface area contributed by atoms with E-state index in [2.05, 4.69) is 10.2 Å². The Bertz CT molecular complexity index is 849. The number of aromatic nitrogens is 3. The zero-order valence-corrected chi connectivity index (χ0v) is 12.9. The third-order valence-electron chi connectivity index (χ3n) is 3.83. The number of hydrogen-bond donors (Lipinski definition) is 0. The summed E-state index contributed by atoms with van der Waals surface area (Å²) in [4.78, 5) is 24.1. The Morgan fingerprint density at radius 1 is 1.28 bits per heavy atom. The van der Waals surface area contributed by atoms with E-state index in [0.717, 1.165) is 0 Å². The van der Waals surface area contributed by atoms with Crippen molar-refractivity contribution >= 4 is 17.7 Å². The summed E-state index contributed by atoms with van der Waals surface area (Å²) in [6.45, 7) is 0.456. The van der Waals surface area contributed by atoms with Crippen LogP contribution in [-0.2, 0) is 17.9 Å². The van der Waals surface area contributed by atoms with E-state index >= 15 is 0 Å². The molecular weight excluding hydrogens is 336 g/mol. The van der Waals surface area contributed by atoms with E-state index in [0.29, 0.717) is 5.56 Å². The van der Waals surface area contributed by atoms with Crippen LogP contribution in [0.4, 0.5) is 14.5 Å². The molecule has 3 rings (SSSR count). The van der Waals surface area contributed by atoms with Crippen LogP contribution in [0, 0.1) is 10.1 Å². The molecule has 1 aromatic heterocycles. The molecule has 0 aliphatic carbocycles. The second-order valence-electron chi connectivity index (χ2n) is 5.34. The maximum atomic E-state index is 12.8. The minimum absolute atomic E-state index is 0.0553. The molecule has 0 unspecified atom stereocenters. The predicted molar refractivity (Wildman–Crippen MR) is 82.5 cm³/mol. The van der Waals surface area contributed by atoms with Crippen molar-refractivity contribution in [2.24, 2.45) is 0 Å². The van der Waals surface area contributed by atoms with Gasteiger partial charge in [0.15, 0.2) is 11.6 Å². The minimum atomic E-state index is -2.72. The van der Waals surface area contributed by atoms with Crippen LogP contribution in [0.5, 0.6) is 0 Å². The maximum Gasteiger partial charge on any atom is 0.297 e. The average Bonchev–Trinajstić information content (AvgIpc) is 3.03. The molecule has 8 nitrogen and oxygen atoms in total. The number of rotatable bonds is 4. The molecule has 2 heterocycles. The van der Waals surface area contributed by atoms with Crippen LogP contribution in [-0.4, -0.2) is 37.0 Å². The van der Waals surface area contributed by atoms with E-state index in [1.54, 1.807) is 6.07 Å². The molecule has 1 aliphatic rings. The Kier molecular flexibility index (Phi) is 4.50. The van der Waals surface area contributed by atoms with Gasteiger partial charge in [0, 0.05) is 25.2 Å². The van der Waals surface area contributed by atoms with Crippen LogP contribution in [0.25, 0.3) is 6.08 Å². The minimum Gasteiger partial charge on any atom is -0.330 e. The molecule has 130 valence electrons. The Balaban J connectivity index is 1.74. The molecule has 0 spiro atoms. The van der Waals surface area contributed by atoms with Gasteiger partial charge in [-0.15, -0.1) is 10.2 Å². The molecule has 10 heteroatoms. The van der Waals surface area contributed by atoms with Gasteiger partial charge in [-0.1, -0.05) is 12.1 Å². The molecule has 0 fully saturated rings. The highest BCUT2D eigenvalue weighted by atomic mass is 19.3. The van der Waals surface area contributed by atoms with E-state index in [4.69, 9.17) is 0 Å². The second kappa shape index (κ2) is 6.75. The highest BCUT2D eigenvalue weighted by molar-refractivity contribution is 5.92. The van der Waals surface area contributed by atoms with Gasteiger partial charge in [-0.3, -0.25) is 14.9 Å². The zero-order valence-electron chi connectivity index (χ0n) is 12.9.